The van der Waals surface area contributed by atoms with Crippen LogP contribution in [0.15, 0.2) is 21.7 Å². The van der Waals surface area contributed by atoms with Gasteiger partial charge < -0.3 is 20.0 Å². The summed E-state index contributed by atoms with van der Waals surface area (Å²) < 4.78 is 6.37. The molecular formula is C15H21N3O4. The maximum Gasteiger partial charge on any atom is 0.294 e. The van der Waals surface area contributed by atoms with Gasteiger partial charge in [0.2, 0.25) is 0 Å². The zero-order valence-corrected chi connectivity index (χ0v) is 13.0. The fourth-order valence-corrected chi connectivity index (χ4v) is 3.63. The lowest BCUT2D eigenvalue weighted by Crippen LogP contribution is -2.60. The molecule has 3 rings (SSSR count). The zero-order valence-electron chi connectivity index (χ0n) is 13.0. The molecule has 1 aromatic heterocycles. The van der Waals surface area contributed by atoms with Crippen LogP contribution in [0, 0.1) is 12.1 Å². The predicted octanol–water partition coefficient (Wildman–Crippen LogP) is 2.47. The van der Waals surface area contributed by atoms with Gasteiger partial charge in [-0.2, -0.15) is 4.74 Å². The Hall–Kier alpha value is -1.86. The van der Waals surface area contributed by atoms with E-state index in [1.165, 1.54) is 0 Å². The van der Waals surface area contributed by atoms with Crippen LogP contribution in [-0.4, -0.2) is 42.8 Å². The summed E-state index contributed by atoms with van der Waals surface area (Å²) in [4.78, 5) is 0. The number of rotatable bonds is 1. The van der Waals surface area contributed by atoms with Crippen LogP contribution in [-0.2, 0) is 0 Å². The summed E-state index contributed by atoms with van der Waals surface area (Å²) in [7, 11) is 0. The maximum atomic E-state index is 13.1. The molecular weight excluding hydrogens is 286 g/mol. The molecule has 0 radical (unpaired) electrons. The molecule has 1 aromatic rings. The fourth-order valence-electron chi connectivity index (χ4n) is 3.63. The van der Waals surface area contributed by atoms with E-state index in [9.17, 15) is 15.6 Å². The Bertz CT molecular complexity index is 661. The molecule has 0 bridgehead atoms. The van der Waals surface area contributed by atoms with Crippen molar-refractivity contribution in [3.63, 3.8) is 0 Å². The van der Waals surface area contributed by atoms with Crippen molar-refractivity contribution in [2.75, 3.05) is 0 Å². The minimum absolute atomic E-state index is 0.294. The minimum atomic E-state index is -1.35. The summed E-state index contributed by atoms with van der Waals surface area (Å²) in [6, 6.07) is 3.50. The Labute approximate surface area is 128 Å². The van der Waals surface area contributed by atoms with Crippen molar-refractivity contribution >= 4 is 11.4 Å². The van der Waals surface area contributed by atoms with Gasteiger partial charge in [-0.15, -0.1) is 5.06 Å². The Morgan fingerprint density at radius 1 is 1.36 bits per heavy atom. The van der Waals surface area contributed by atoms with Crippen molar-refractivity contribution in [3.8, 4) is 0 Å². The Balaban J connectivity index is 2.23. The first-order valence-corrected chi connectivity index (χ1v) is 7.48. The van der Waals surface area contributed by atoms with Gasteiger partial charge in [-0.05, 0) is 52.2 Å². The molecule has 2 N–H and O–H groups in total. The zero-order chi connectivity index (χ0) is 16.1. The van der Waals surface area contributed by atoms with Gasteiger partial charge in [-0.25, -0.2) is 0 Å². The Kier molecular flexibility index (Phi) is 3.30. The standard InChI is InChI=1S/C15H21N3O4/c1-10-7-8-11(22-10)13-14(2,3)18(21)15(17(13)20)9-5-4-6-12(15)16-19/h7-8,19,21H,4-6,9H2,1-3H3. The molecule has 0 aromatic carbocycles. The average molecular weight is 307 g/mol. The second kappa shape index (κ2) is 4.82. The molecule has 22 heavy (non-hydrogen) atoms. The third-order valence-corrected chi connectivity index (χ3v) is 4.74. The van der Waals surface area contributed by atoms with Gasteiger partial charge >= 0.3 is 0 Å². The summed E-state index contributed by atoms with van der Waals surface area (Å²) in [5, 5.41) is 37.6. The number of nitrogens with zero attached hydrogens (tertiary/aromatic N) is 3. The van der Waals surface area contributed by atoms with Crippen LogP contribution < -0.4 is 0 Å². The SMILES string of the molecule is Cc1ccc(C2=[N+]([O-])C3(CCCCC3=NO)N(O)C2(C)C)o1. The summed E-state index contributed by atoms with van der Waals surface area (Å²) >= 11 is 0. The average Bonchev–Trinajstić information content (AvgIpc) is 2.96. The number of hydroxylamine groups is 3. The normalized spacial score (nSPS) is 30.6. The lowest BCUT2D eigenvalue weighted by Gasteiger charge is -2.38. The van der Waals surface area contributed by atoms with Crippen molar-refractivity contribution in [1.82, 2.24) is 5.06 Å². The van der Waals surface area contributed by atoms with Gasteiger partial charge in [0.05, 0.1) is 0 Å². The van der Waals surface area contributed by atoms with Crippen LogP contribution in [0.4, 0.5) is 0 Å². The van der Waals surface area contributed by atoms with E-state index in [4.69, 9.17) is 4.42 Å². The van der Waals surface area contributed by atoms with Crippen molar-refractivity contribution in [2.45, 2.75) is 57.7 Å². The molecule has 2 heterocycles. The predicted molar refractivity (Wildman–Crippen MR) is 79.3 cm³/mol. The smallest absolute Gasteiger partial charge is 0.294 e. The van der Waals surface area contributed by atoms with Crippen molar-refractivity contribution in [3.05, 3.63) is 28.9 Å². The van der Waals surface area contributed by atoms with Crippen LogP contribution >= 0.6 is 0 Å². The summed E-state index contributed by atoms with van der Waals surface area (Å²) in [5.41, 5.74) is -1.68. The van der Waals surface area contributed by atoms with E-state index in [1.807, 2.05) is 0 Å². The summed E-state index contributed by atoms with van der Waals surface area (Å²) in [5.74, 6) is 1.12. The van der Waals surface area contributed by atoms with Crippen LogP contribution in [0.3, 0.4) is 0 Å². The van der Waals surface area contributed by atoms with E-state index in [0.717, 1.165) is 22.6 Å². The van der Waals surface area contributed by atoms with Crippen molar-refractivity contribution in [1.29, 1.82) is 0 Å². The third-order valence-electron chi connectivity index (χ3n) is 4.74. The Morgan fingerprint density at radius 3 is 2.68 bits per heavy atom. The van der Waals surface area contributed by atoms with Gasteiger partial charge in [-0.3, -0.25) is 0 Å². The topological polar surface area (TPSA) is 95.3 Å². The number of hydrogen-bond donors (Lipinski definition) is 2. The van der Waals surface area contributed by atoms with E-state index in [1.54, 1.807) is 32.9 Å². The highest BCUT2D eigenvalue weighted by molar-refractivity contribution is 6.05. The lowest BCUT2D eigenvalue weighted by molar-refractivity contribution is -0.569. The van der Waals surface area contributed by atoms with Gasteiger partial charge in [-0.1, -0.05) is 5.16 Å². The molecule has 1 fully saturated rings. The Morgan fingerprint density at radius 2 is 2.09 bits per heavy atom. The summed E-state index contributed by atoms with van der Waals surface area (Å²) in [6.45, 7) is 5.31. The van der Waals surface area contributed by atoms with E-state index in [2.05, 4.69) is 5.16 Å². The number of aryl methyl sites for hydroxylation is 1. The number of furan rings is 1. The van der Waals surface area contributed by atoms with Crippen molar-refractivity contribution < 1.29 is 19.6 Å². The minimum Gasteiger partial charge on any atom is -0.622 e. The molecule has 2 aliphatic rings. The highest BCUT2D eigenvalue weighted by Crippen LogP contribution is 2.42. The van der Waals surface area contributed by atoms with Gasteiger partial charge in [0, 0.05) is 6.42 Å². The van der Waals surface area contributed by atoms with E-state index >= 15 is 0 Å². The quantitative estimate of drug-likeness (QED) is 0.360. The molecule has 7 heteroatoms. The highest BCUT2D eigenvalue weighted by atomic mass is 16.6. The first-order valence-electron chi connectivity index (χ1n) is 7.48. The van der Waals surface area contributed by atoms with Crippen LogP contribution in [0.1, 0.15) is 51.1 Å². The monoisotopic (exact) mass is 307 g/mol. The van der Waals surface area contributed by atoms with E-state index in [0.29, 0.717) is 35.8 Å². The molecule has 0 amide bonds. The van der Waals surface area contributed by atoms with Gasteiger partial charge in [0.25, 0.3) is 11.4 Å². The fraction of sp³-hybridized carbons (Fsp3) is 0.600. The molecule has 7 nitrogen and oxygen atoms in total. The first kappa shape index (κ1) is 15.1. The maximum absolute atomic E-state index is 13.1. The van der Waals surface area contributed by atoms with Crippen LogP contribution in [0.5, 0.6) is 0 Å². The van der Waals surface area contributed by atoms with Crippen LogP contribution in [0.2, 0.25) is 0 Å². The molecule has 120 valence electrons. The van der Waals surface area contributed by atoms with Gasteiger partial charge in [0.1, 0.15) is 17.0 Å². The molecule has 1 spiro atoms. The largest absolute Gasteiger partial charge is 0.622 e. The highest BCUT2D eigenvalue weighted by Gasteiger charge is 2.66. The molecule has 1 saturated carbocycles. The summed E-state index contributed by atoms with van der Waals surface area (Å²) in [6.07, 6.45) is 2.49. The molecule has 0 saturated heterocycles. The third kappa shape index (κ3) is 1.75. The molecule has 1 unspecified atom stereocenters. The molecule has 1 aliphatic carbocycles. The van der Waals surface area contributed by atoms with E-state index < -0.39 is 11.2 Å². The number of oxime groups is 1. The van der Waals surface area contributed by atoms with Crippen LogP contribution in [0.25, 0.3) is 0 Å². The molecule has 1 aliphatic heterocycles. The molecule has 1 atom stereocenters. The first-order chi connectivity index (χ1) is 10.4. The lowest BCUT2D eigenvalue weighted by atomic mass is 9.86. The van der Waals surface area contributed by atoms with Crippen molar-refractivity contribution in [2.24, 2.45) is 5.16 Å². The second-order valence-electron chi connectivity index (χ2n) is 6.49. The number of hydrogen-bond acceptors (Lipinski definition) is 6. The second-order valence-corrected chi connectivity index (χ2v) is 6.49. The van der Waals surface area contributed by atoms with Gasteiger partial charge in [0.15, 0.2) is 5.76 Å². The van der Waals surface area contributed by atoms with E-state index in [-0.39, 0.29) is 0 Å².